The molecule has 3 rings (SSSR count). The van der Waals surface area contributed by atoms with Crippen molar-refractivity contribution in [3.63, 3.8) is 0 Å². The van der Waals surface area contributed by atoms with Gasteiger partial charge in [0.15, 0.2) is 18.2 Å². The highest BCUT2D eigenvalue weighted by atomic mass is 35.5. The number of aromatic carboxylic acids is 1. The number of ether oxygens (including phenoxy) is 1. The first-order chi connectivity index (χ1) is 12.0. The first kappa shape index (κ1) is 16.7. The molecule has 0 atom stereocenters. The molecule has 25 heavy (non-hydrogen) atoms. The SMILES string of the molecule is O=C(CN1C(=O)COc2cccnc21)Nc1ccc(Cl)c(C(=O)O)c1. The highest BCUT2D eigenvalue weighted by Crippen LogP contribution is 2.28. The molecule has 128 valence electrons. The van der Waals surface area contributed by atoms with E-state index in [0.29, 0.717) is 5.75 Å². The van der Waals surface area contributed by atoms with Crippen molar-refractivity contribution < 1.29 is 24.2 Å². The summed E-state index contributed by atoms with van der Waals surface area (Å²) in [5.74, 6) is -1.44. The summed E-state index contributed by atoms with van der Waals surface area (Å²) >= 11 is 5.79. The van der Waals surface area contributed by atoms with E-state index in [4.69, 9.17) is 21.4 Å². The molecule has 0 fully saturated rings. The fourth-order valence-electron chi connectivity index (χ4n) is 2.31. The van der Waals surface area contributed by atoms with E-state index in [1.54, 1.807) is 12.1 Å². The Morgan fingerprint density at radius 1 is 1.36 bits per heavy atom. The summed E-state index contributed by atoms with van der Waals surface area (Å²) < 4.78 is 5.26. The first-order valence-electron chi connectivity index (χ1n) is 7.16. The average Bonchev–Trinajstić information content (AvgIpc) is 2.59. The number of nitrogens with one attached hydrogen (secondary N) is 1. The number of carbonyl (C=O) groups is 3. The van der Waals surface area contributed by atoms with Crippen molar-refractivity contribution in [1.29, 1.82) is 0 Å². The molecule has 0 saturated carbocycles. The third-order valence-corrected chi connectivity index (χ3v) is 3.77. The average molecular weight is 362 g/mol. The molecule has 1 aromatic carbocycles. The van der Waals surface area contributed by atoms with Gasteiger partial charge in [0, 0.05) is 11.9 Å². The van der Waals surface area contributed by atoms with Gasteiger partial charge in [-0.1, -0.05) is 11.6 Å². The monoisotopic (exact) mass is 361 g/mol. The van der Waals surface area contributed by atoms with Gasteiger partial charge in [-0.15, -0.1) is 0 Å². The summed E-state index contributed by atoms with van der Waals surface area (Å²) in [7, 11) is 0. The minimum Gasteiger partial charge on any atom is -0.480 e. The zero-order valence-electron chi connectivity index (χ0n) is 12.7. The molecule has 0 aliphatic carbocycles. The van der Waals surface area contributed by atoms with E-state index in [1.807, 2.05) is 0 Å². The molecular formula is C16H12ClN3O5. The van der Waals surface area contributed by atoms with Gasteiger partial charge in [0.25, 0.3) is 5.91 Å². The van der Waals surface area contributed by atoms with Crippen LogP contribution in [0.15, 0.2) is 36.5 Å². The van der Waals surface area contributed by atoms with Crippen molar-refractivity contribution in [2.45, 2.75) is 0 Å². The lowest BCUT2D eigenvalue weighted by molar-refractivity contribution is -0.123. The lowest BCUT2D eigenvalue weighted by atomic mass is 10.2. The standard InChI is InChI=1S/C16H12ClN3O5/c17-11-4-3-9(6-10(11)16(23)24)19-13(21)7-20-14(22)8-25-12-2-1-5-18-15(12)20/h1-6H,7-8H2,(H,19,21)(H,23,24). The molecule has 0 spiro atoms. The highest BCUT2D eigenvalue weighted by Gasteiger charge is 2.28. The fourth-order valence-corrected chi connectivity index (χ4v) is 2.51. The van der Waals surface area contributed by atoms with Crippen molar-refractivity contribution in [2.75, 3.05) is 23.4 Å². The van der Waals surface area contributed by atoms with Crippen LogP contribution in [-0.2, 0) is 9.59 Å². The Balaban J connectivity index is 1.76. The van der Waals surface area contributed by atoms with Gasteiger partial charge < -0.3 is 15.2 Å². The predicted octanol–water partition coefficient (Wildman–Crippen LogP) is 1.80. The first-order valence-corrected chi connectivity index (χ1v) is 7.54. The second kappa shape index (κ2) is 6.78. The fraction of sp³-hybridized carbons (Fsp3) is 0.125. The number of halogens is 1. The molecule has 2 amide bonds. The molecule has 0 saturated heterocycles. The summed E-state index contributed by atoms with van der Waals surface area (Å²) in [5.41, 5.74) is 0.127. The van der Waals surface area contributed by atoms with E-state index in [0.717, 1.165) is 0 Å². The number of rotatable bonds is 4. The van der Waals surface area contributed by atoms with Gasteiger partial charge in [-0.25, -0.2) is 9.78 Å². The van der Waals surface area contributed by atoms with Crippen LogP contribution in [0.5, 0.6) is 5.75 Å². The van der Waals surface area contributed by atoms with Crippen molar-refractivity contribution in [3.05, 3.63) is 47.1 Å². The molecule has 0 radical (unpaired) electrons. The van der Waals surface area contributed by atoms with Gasteiger partial charge in [-0.3, -0.25) is 14.5 Å². The van der Waals surface area contributed by atoms with Gasteiger partial charge >= 0.3 is 5.97 Å². The molecule has 0 unspecified atom stereocenters. The van der Waals surface area contributed by atoms with E-state index in [9.17, 15) is 14.4 Å². The number of pyridine rings is 1. The summed E-state index contributed by atoms with van der Waals surface area (Å²) in [4.78, 5) is 40.6. The Kier molecular flexibility index (Phi) is 4.53. The van der Waals surface area contributed by atoms with E-state index in [2.05, 4.69) is 10.3 Å². The number of benzene rings is 1. The predicted molar refractivity (Wildman–Crippen MR) is 89.1 cm³/mol. The number of anilines is 2. The maximum atomic E-state index is 12.2. The second-order valence-corrected chi connectivity index (χ2v) is 5.55. The zero-order chi connectivity index (χ0) is 18.0. The Bertz CT molecular complexity index is 871. The summed E-state index contributed by atoms with van der Waals surface area (Å²) in [5, 5.41) is 11.7. The normalized spacial score (nSPS) is 13.0. The second-order valence-electron chi connectivity index (χ2n) is 5.14. The van der Waals surface area contributed by atoms with Crippen LogP contribution in [0.25, 0.3) is 0 Å². The van der Waals surface area contributed by atoms with Crippen LogP contribution >= 0.6 is 11.6 Å². The van der Waals surface area contributed by atoms with E-state index in [1.165, 1.54) is 29.3 Å². The Labute approximate surface area is 147 Å². The van der Waals surface area contributed by atoms with Crippen molar-refractivity contribution in [1.82, 2.24) is 4.98 Å². The quantitative estimate of drug-likeness (QED) is 0.859. The van der Waals surface area contributed by atoms with Crippen molar-refractivity contribution >= 4 is 40.9 Å². The third kappa shape index (κ3) is 3.53. The minimum absolute atomic E-state index is 0.0620. The third-order valence-electron chi connectivity index (χ3n) is 3.44. The topological polar surface area (TPSA) is 109 Å². The molecule has 1 aromatic heterocycles. The molecule has 8 nitrogen and oxygen atoms in total. The van der Waals surface area contributed by atoms with Crippen LogP contribution in [0.1, 0.15) is 10.4 Å². The van der Waals surface area contributed by atoms with Crippen LogP contribution in [0.4, 0.5) is 11.5 Å². The molecular weight excluding hydrogens is 350 g/mol. The minimum atomic E-state index is -1.21. The van der Waals surface area contributed by atoms with Crippen LogP contribution in [-0.4, -0.2) is 41.0 Å². The lowest BCUT2D eigenvalue weighted by Gasteiger charge is -2.27. The number of amides is 2. The van der Waals surface area contributed by atoms with Crippen LogP contribution in [0.3, 0.4) is 0 Å². The number of carbonyl (C=O) groups excluding carboxylic acids is 2. The van der Waals surface area contributed by atoms with Gasteiger partial charge in [0.05, 0.1) is 10.6 Å². The van der Waals surface area contributed by atoms with Crippen LogP contribution in [0.2, 0.25) is 5.02 Å². The van der Waals surface area contributed by atoms with E-state index >= 15 is 0 Å². The number of aromatic nitrogens is 1. The number of carboxylic acids is 1. The lowest BCUT2D eigenvalue weighted by Crippen LogP contribution is -2.43. The van der Waals surface area contributed by atoms with Crippen LogP contribution in [0, 0.1) is 0 Å². The molecule has 9 heteroatoms. The molecule has 2 heterocycles. The molecule has 1 aliphatic heterocycles. The number of carboxylic acid groups (broad SMARTS) is 1. The van der Waals surface area contributed by atoms with E-state index in [-0.39, 0.29) is 35.2 Å². The van der Waals surface area contributed by atoms with Gasteiger partial charge in [0.2, 0.25) is 5.91 Å². The number of hydrogen-bond acceptors (Lipinski definition) is 5. The Hall–Kier alpha value is -3.13. The summed E-state index contributed by atoms with van der Waals surface area (Å²) in [6.07, 6.45) is 1.49. The summed E-state index contributed by atoms with van der Waals surface area (Å²) in [6.45, 7) is -0.465. The number of fused-ring (bicyclic) bond motifs is 1. The highest BCUT2D eigenvalue weighted by molar-refractivity contribution is 6.33. The van der Waals surface area contributed by atoms with Gasteiger partial charge in [-0.05, 0) is 30.3 Å². The van der Waals surface area contributed by atoms with Gasteiger partial charge in [-0.2, -0.15) is 0 Å². The smallest absolute Gasteiger partial charge is 0.337 e. The molecule has 2 aromatic rings. The van der Waals surface area contributed by atoms with Gasteiger partial charge in [0.1, 0.15) is 6.54 Å². The summed E-state index contributed by atoms with van der Waals surface area (Å²) in [6, 6.07) is 7.40. The molecule has 2 N–H and O–H groups in total. The van der Waals surface area contributed by atoms with E-state index < -0.39 is 17.8 Å². The maximum absolute atomic E-state index is 12.2. The molecule has 1 aliphatic rings. The molecule has 0 bridgehead atoms. The largest absolute Gasteiger partial charge is 0.480 e. The van der Waals surface area contributed by atoms with Crippen molar-refractivity contribution in [2.24, 2.45) is 0 Å². The maximum Gasteiger partial charge on any atom is 0.337 e. The number of nitrogens with zero attached hydrogens (tertiary/aromatic N) is 2. The van der Waals surface area contributed by atoms with Crippen molar-refractivity contribution in [3.8, 4) is 5.75 Å². The Morgan fingerprint density at radius 3 is 2.92 bits per heavy atom. The Morgan fingerprint density at radius 2 is 2.16 bits per heavy atom. The zero-order valence-corrected chi connectivity index (χ0v) is 13.5. The number of hydrogen-bond donors (Lipinski definition) is 2. The van der Waals surface area contributed by atoms with Crippen LogP contribution < -0.4 is 15.0 Å².